The number of amides is 1. The molecule has 1 aromatic heterocycles. The summed E-state index contributed by atoms with van der Waals surface area (Å²) in [6.07, 6.45) is -0.381. The van der Waals surface area contributed by atoms with Crippen molar-refractivity contribution in [1.82, 2.24) is 0 Å². The molecule has 1 amide bonds. The summed E-state index contributed by atoms with van der Waals surface area (Å²) in [5.41, 5.74) is 6.16. The lowest BCUT2D eigenvalue weighted by Crippen LogP contribution is -2.37. The molecule has 2 aromatic rings. The number of carboxylic acids is 1. The number of carboxylic acid groups (broad SMARTS) is 1. The molecule has 2 rings (SSSR count). The molecule has 0 radical (unpaired) electrons. The van der Waals surface area contributed by atoms with Crippen LogP contribution in [-0.4, -0.2) is 23.0 Å². The molecule has 1 atom stereocenters. The molecule has 0 aliphatic heterocycles. The summed E-state index contributed by atoms with van der Waals surface area (Å²) in [5, 5.41) is 14.0. The largest absolute Gasteiger partial charge is 0.481 e. The van der Waals surface area contributed by atoms with Crippen molar-refractivity contribution in [2.45, 2.75) is 12.5 Å². The maximum absolute atomic E-state index is 11.7. The Hall–Kier alpha value is -1.92. The Morgan fingerprint density at radius 3 is 2.83 bits per heavy atom. The second kappa shape index (κ2) is 5.16. The summed E-state index contributed by atoms with van der Waals surface area (Å²) in [4.78, 5) is 22.2. The SMILES string of the molecule is NC(CC(=O)O)C(=O)Nc1csc2ccccc12. The van der Waals surface area contributed by atoms with E-state index in [1.54, 1.807) is 0 Å². The van der Waals surface area contributed by atoms with E-state index in [-0.39, 0.29) is 6.42 Å². The average Bonchev–Trinajstić information content (AvgIpc) is 2.72. The number of carbonyl (C=O) groups is 2. The Labute approximate surface area is 107 Å². The highest BCUT2D eigenvalue weighted by molar-refractivity contribution is 7.17. The average molecular weight is 264 g/mol. The monoisotopic (exact) mass is 264 g/mol. The third-order valence-electron chi connectivity index (χ3n) is 2.47. The van der Waals surface area contributed by atoms with Gasteiger partial charge in [-0.1, -0.05) is 18.2 Å². The van der Waals surface area contributed by atoms with Crippen molar-refractivity contribution in [3.8, 4) is 0 Å². The van der Waals surface area contributed by atoms with Crippen LogP contribution in [0.3, 0.4) is 0 Å². The highest BCUT2D eigenvalue weighted by Crippen LogP contribution is 2.29. The number of hydrogen-bond acceptors (Lipinski definition) is 4. The van der Waals surface area contributed by atoms with Gasteiger partial charge in [-0.15, -0.1) is 11.3 Å². The van der Waals surface area contributed by atoms with E-state index < -0.39 is 17.9 Å². The minimum atomic E-state index is -1.09. The molecule has 0 fully saturated rings. The van der Waals surface area contributed by atoms with E-state index in [1.807, 2.05) is 29.6 Å². The van der Waals surface area contributed by atoms with Crippen LogP contribution in [-0.2, 0) is 9.59 Å². The standard InChI is InChI=1S/C12H12N2O3S/c13-8(5-11(15)16)12(17)14-9-6-18-10-4-2-1-3-7(9)10/h1-4,6,8H,5,13H2,(H,14,17)(H,15,16). The number of fused-ring (bicyclic) bond motifs is 1. The molecule has 0 saturated carbocycles. The van der Waals surface area contributed by atoms with Crippen LogP contribution < -0.4 is 11.1 Å². The molecular weight excluding hydrogens is 252 g/mol. The summed E-state index contributed by atoms with van der Waals surface area (Å²) in [6, 6.07) is 6.60. The highest BCUT2D eigenvalue weighted by atomic mass is 32.1. The zero-order valence-electron chi connectivity index (χ0n) is 9.42. The topological polar surface area (TPSA) is 92.4 Å². The van der Waals surface area contributed by atoms with Crippen molar-refractivity contribution in [3.63, 3.8) is 0 Å². The fraction of sp³-hybridized carbons (Fsp3) is 0.167. The first-order chi connectivity index (χ1) is 8.58. The van der Waals surface area contributed by atoms with Crippen molar-refractivity contribution in [2.24, 2.45) is 5.73 Å². The number of anilines is 1. The van der Waals surface area contributed by atoms with Crippen LogP contribution in [0.15, 0.2) is 29.6 Å². The smallest absolute Gasteiger partial charge is 0.305 e. The Morgan fingerprint density at radius 2 is 2.11 bits per heavy atom. The zero-order chi connectivity index (χ0) is 13.1. The summed E-state index contributed by atoms with van der Waals surface area (Å²) in [7, 11) is 0. The van der Waals surface area contributed by atoms with Crippen molar-refractivity contribution in [1.29, 1.82) is 0 Å². The maximum atomic E-state index is 11.7. The number of aliphatic carboxylic acids is 1. The Bertz CT molecular complexity index is 594. The van der Waals surface area contributed by atoms with Gasteiger partial charge in [0.05, 0.1) is 18.2 Å². The van der Waals surface area contributed by atoms with E-state index in [4.69, 9.17) is 10.8 Å². The van der Waals surface area contributed by atoms with Gasteiger partial charge in [0.2, 0.25) is 5.91 Å². The Morgan fingerprint density at radius 1 is 1.39 bits per heavy atom. The van der Waals surface area contributed by atoms with Crippen molar-refractivity contribution >= 4 is 39.0 Å². The molecule has 5 nitrogen and oxygen atoms in total. The molecule has 1 unspecified atom stereocenters. The molecule has 0 spiro atoms. The van der Waals surface area contributed by atoms with Crippen LogP contribution >= 0.6 is 11.3 Å². The lowest BCUT2D eigenvalue weighted by Gasteiger charge is -2.09. The number of nitrogens with one attached hydrogen (secondary N) is 1. The van der Waals surface area contributed by atoms with Gasteiger partial charge < -0.3 is 16.2 Å². The minimum absolute atomic E-state index is 0.381. The van der Waals surface area contributed by atoms with Crippen LogP contribution in [0.5, 0.6) is 0 Å². The molecule has 6 heteroatoms. The summed E-state index contributed by atoms with van der Waals surface area (Å²) in [6.45, 7) is 0. The van der Waals surface area contributed by atoms with Gasteiger partial charge in [-0.25, -0.2) is 0 Å². The fourth-order valence-corrected chi connectivity index (χ4v) is 2.47. The number of thiophene rings is 1. The number of rotatable bonds is 4. The number of benzene rings is 1. The first kappa shape index (κ1) is 12.5. The second-order valence-electron chi connectivity index (χ2n) is 3.84. The van der Waals surface area contributed by atoms with Crippen LogP contribution in [0.2, 0.25) is 0 Å². The van der Waals surface area contributed by atoms with E-state index in [2.05, 4.69) is 5.32 Å². The van der Waals surface area contributed by atoms with Gasteiger partial charge in [-0.05, 0) is 6.07 Å². The predicted octanol–water partition coefficient (Wildman–Crippen LogP) is 1.64. The molecule has 0 aliphatic carbocycles. The van der Waals surface area contributed by atoms with Crippen LogP contribution in [0, 0.1) is 0 Å². The molecule has 1 heterocycles. The van der Waals surface area contributed by atoms with Gasteiger partial charge in [0.15, 0.2) is 0 Å². The third-order valence-corrected chi connectivity index (χ3v) is 3.43. The van der Waals surface area contributed by atoms with Crippen LogP contribution in [0.1, 0.15) is 6.42 Å². The van der Waals surface area contributed by atoms with Crippen molar-refractivity contribution in [2.75, 3.05) is 5.32 Å². The van der Waals surface area contributed by atoms with Gasteiger partial charge >= 0.3 is 5.97 Å². The van der Waals surface area contributed by atoms with Crippen molar-refractivity contribution < 1.29 is 14.7 Å². The Balaban J connectivity index is 2.14. The molecule has 0 bridgehead atoms. The quantitative estimate of drug-likeness (QED) is 0.782. The number of hydrogen-bond donors (Lipinski definition) is 3. The maximum Gasteiger partial charge on any atom is 0.305 e. The highest BCUT2D eigenvalue weighted by Gasteiger charge is 2.18. The molecule has 94 valence electrons. The summed E-state index contributed by atoms with van der Waals surface area (Å²) in [5.74, 6) is -1.58. The molecule has 1 aromatic carbocycles. The number of carbonyl (C=O) groups excluding carboxylic acids is 1. The zero-order valence-corrected chi connectivity index (χ0v) is 10.2. The molecule has 0 aliphatic rings. The summed E-state index contributed by atoms with van der Waals surface area (Å²) < 4.78 is 1.06. The van der Waals surface area contributed by atoms with Crippen LogP contribution in [0.25, 0.3) is 10.1 Å². The molecule has 4 N–H and O–H groups in total. The molecular formula is C12H12N2O3S. The minimum Gasteiger partial charge on any atom is -0.481 e. The fourth-order valence-electron chi connectivity index (χ4n) is 1.58. The van der Waals surface area contributed by atoms with E-state index in [0.29, 0.717) is 5.69 Å². The van der Waals surface area contributed by atoms with Gasteiger partial charge in [0, 0.05) is 15.5 Å². The first-order valence-corrected chi connectivity index (χ1v) is 6.20. The van der Waals surface area contributed by atoms with Crippen molar-refractivity contribution in [3.05, 3.63) is 29.6 Å². The van der Waals surface area contributed by atoms with E-state index in [9.17, 15) is 9.59 Å². The predicted molar refractivity (Wildman–Crippen MR) is 70.7 cm³/mol. The third kappa shape index (κ3) is 2.66. The van der Waals surface area contributed by atoms with E-state index in [1.165, 1.54) is 11.3 Å². The van der Waals surface area contributed by atoms with Gasteiger partial charge in [0.25, 0.3) is 0 Å². The van der Waals surface area contributed by atoms with Gasteiger partial charge in [-0.2, -0.15) is 0 Å². The first-order valence-electron chi connectivity index (χ1n) is 5.32. The lowest BCUT2D eigenvalue weighted by atomic mass is 10.2. The number of nitrogens with two attached hydrogens (primary N) is 1. The molecule has 0 saturated heterocycles. The van der Waals surface area contributed by atoms with Crippen LogP contribution in [0.4, 0.5) is 5.69 Å². The Kier molecular flexibility index (Phi) is 3.59. The molecule has 18 heavy (non-hydrogen) atoms. The lowest BCUT2D eigenvalue weighted by molar-refractivity contribution is -0.138. The normalized spacial score (nSPS) is 12.3. The van der Waals surface area contributed by atoms with Gasteiger partial charge in [0.1, 0.15) is 0 Å². The van der Waals surface area contributed by atoms with E-state index in [0.717, 1.165) is 10.1 Å². The van der Waals surface area contributed by atoms with E-state index >= 15 is 0 Å². The van der Waals surface area contributed by atoms with Gasteiger partial charge in [-0.3, -0.25) is 9.59 Å². The summed E-state index contributed by atoms with van der Waals surface area (Å²) >= 11 is 1.51. The second-order valence-corrected chi connectivity index (χ2v) is 4.75.